The van der Waals surface area contributed by atoms with Gasteiger partial charge in [-0.15, -0.1) is 0 Å². The van der Waals surface area contributed by atoms with Crippen LogP contribution >= 0.6 is 0 Å². The van der Waals surface area contributed by atoms with E-state index >= 15 is 0 Å². The summed E-state index contributed by atoms with van der Waals surface area (Å²) in [6.45, 7) is 4.30. The van der Waals surface area contributed by atoms with Crippen molar-refractivity contribution in [2.45, 2.75) is 25.9 Å². The Bertz CT molecular complexity index is 1300. The molecule has 1 aromatic carbocycles. The van der Waals surface area contributed by atoms with Crippen molar-refractivity contribution in [1.29, 1.82) is 0 Å². The van der Waals surface area contributed by atoms with Crippen molar-refractivity contribution in [3.05, 3.63) is 69.8 Å². The van der Waals surface area contributed by atoms with Gasteiger partial charge < -0.3 is 14.8 Å². The van der Waals surface area contributed by atoms with Gasteiger partial charge in [-0.25, -0.2) is 9.78 Å². The average Bonchev–Trinajstić information content (AvgIpc) is 2.98. The molecular weight excluding hydrogens is 400 g/mol. The Hall–Kier alpha value is -3.88. The van der Waals surface area contributed by atoms with Crippen LogP contribution in [0.2, 0.25) is 0 Å². The zero-order chi connectivity index (χ0) is 21.8. The van der Waals surface area contributed by atoms with Gasteiger partial charge in [-0.3, -0.25) is 18.9 Å². The van der Waals surface area contributed by atoms with Crippen molar-refractivity contribution in [1.82, 2.24) is 19.6 Å². The topological polar surface area (TPSA) is 102 Å². The van der Waals surface area contributed by atoms with Crippen LogP contribution in [-0.4, -0.2) is 39.4 Å². The van der Waals surface area contributed by atoms with E-state index in [0.29, 0.717) is 41.6 Å². The molecule has 2 aliphatic rings. The van der Waals surface area contributed by atoms with Gasteiger partial charge in [0.1, 0.15) is 24.4 Å². The molecule has 5 rings (SSSR count). The number of aryl methyl sites for hydroxylation is 1. The summed E-state index contributed by atoms with van der Waals surface area (Å²) < 4.78 is 12.6. The lowest BCUT2D eigenvalue weighted by Gasteiger charge is -2.25. The van der Waals surface area contributed by atoms with E-state index in [0.717, 1.165) is 10.5 Å². The Morgan fingerprint density at radius 2 is 1.84 bits per heavy atom. The molecule has 0 saturated carbocycles. The molecule has 2 aromatic heterocycles. The third-order valence-corrected chi connectivity index (χ3v) is 5.58. The number of aromatic nitrogens is 2. The Kier molecular flexibility index (Phi) is 4.21. The fourth-order valence-corrected chi connectivity index (χ4v) is 3.89. The summed E-state index contributed by atoms with van der Waals surface area (Å²) in [7, 11) is 0. The summed E-state index contributed by atoms with van der Waals surface area (Å²) in [4.78, 5) is 43.9. The molecule has 1 N–H and O–H groups in total. The zero-order valence-corrected chi connectivity index (χ0v) is 17.0. The van der Waals surface area contributed by atoms with E-state index in [9.17, 15) is 14.4 Å². The number of hydrogen-bond donors (Lipinski definition) is 1. The van der Waals surface area contributed by atoms with Crippen molar-refractivity contribution in [2.24, 2.45) is 0 Å². The normalized spacial score (nSPS) is 20.3. The zero-order valence-electron chi connectivity index (χ0n) is 17.0. The predicted octanol–water partition coefficient (Wildman–Crippen LogP) is 1.74. The van der Waals surface area contributed by atoms with Gasteiger partial charge in [0.15, 0.2) is 11.5 Å². The van der Waals surface area contributed by atoms with E-state index in [1.54, 1.807) is 37.4 Å². The Morgan fingerprint density at radius 3 is 2.65 bits per heavy atom. The molecule has 1 atom stereocenters. The minimum absolute atomic E-state index is 0.107. The van der Waals surface area contributed by atoms with Crippen molar-refractivity contribution >= 4 is 17.6 Å². The Morgan fingerprint density at radius 1 is 1.06 bits per heavy atom. The number of urea groups is 1. The van der Waals surface area contributed by atoms with Crippen molar-refractivity contribution in [3.8, 4) is 11.5 Å². The van der Waals surface area contributed by atoms with E-state index in [2.05, 4.69) is 10.3 Å². The van der Waals surface area contributed by atoms with Crippen LogP contribution in [0.4, 0.5) is 4.79 Å². The molecule has 4 heterocycles. The van der Waals surface area contributed by atoms with E-state index in [-0.39, 0.29) is 12.1 Å². The molecular formula is C22H20N4O5. The summed E-state index contributed by atoms with van der Waals surface area (Å²) in [6.07, 6.45) is 1.70. The maximum Gasteiger partial charge on any atom is 0.325 e. The van der Waals surface area contributed by atoms with Crippen LogP contribution in [-0.2, 0) is 16.9 Å². The number of hydrogen-bond acceptors (Lipinski definition) is 6. The molecule has 0 bridgehead atoms. The lowest BCUT2D eigenvalue weighted by molar-refractivity contribution is -0.131. The fourth-order valence-electron chi connectivity index (χ4n) is 3.89. The molecule has 2 aliphatic heterocycles. The van der Waals surface area contributed by atoms with Crippen LogP contribution in [0.25, 0.3) is 5.65 Å². The molecule has 0 aliphatic carbocycles. The number of pyridine rings is 1. The second-order valence-corrected chi connectivity index (χ2v) is 7.83. The summed E-state index contributed by atoms with van der Waals surface area (Å²) in [5.74, 6) is 0.702. The standard InChI is InChI=1S/C22H20N4O5/c1-13-3-6-18-23-15(10-19(27)25(18)11-13)12-26-20(28)22(2,24-21(26)29)14-4-5-16-17(9-14)31-8-7-30-16/h3-6,9-11H,7-8,12H2,1-2H3,(H,24,29). The molecule has 3 amide bonds. The Balaban J connectivity index is 1.46. The SMILES string of the molecule is Cc1ccc2nc(CN3C(=O)NC(C)(c4ccc5c(c4)OCCO5)C3=O)cc(=O)n2c1. The van der Waals surface area contributed by atoms with Crippen LogP contribution in [0.5, 0.6) is 11.5 Å². The van der Waals surface area contributed by atoms with Gasteiger partial charge in [-0.05, 0) is 43.2 Å². The molecule has 31 heavy (non-hydrogen) atoms. The number of carbonyl (C=O) groups excluding carboxylic acids is 2. The summed E-state index contributed by atoms with van der Waals surface area (Å²) >= 11 is 0. The number of nitrogens with zero attached hydrogens (tertiary/aromatic N) is 3. The molecule has 9 heteroatoms. The van der Waals surface area contributed by atoms with Crippen LogP contribution in [0.15, 0.2) is 47.4 Å². The average molecular weight is 420 g/mol. The number of amides is 3. The summed E-state index contributed by atoms with van der Waals surface area (Å²) in [5.41, 5.74) is 0.757. The first kappa shape index (κ1) is 19.1. The quantitative estimate of drug-likeness (QED) is 0.648. The molecule has 1 fully saturated rings. The van der Waals surface area contributed by atoms with Gasteiger partial charge in [0, 0.05) is 12.3 Å². The Labute approximate surface area is 177 Å². The first-order valence-corrected chi connectivity index (χ1v) is 9.88. The lowest BCUT2D eigenvalue weighted by atomic mass is 9.91. The molecule has 0 spiro atoms. The van der Waals surface area contributed by atoms with Gasteiger partial charge in [0.05, 0.1) is 12.2 Å². The predicted molar refractivity (Wildman–Crippen MR) is 110 cm³/mol. The number of rotatable bonds is 3. The van der Waals surface area contributed by atoms with Crippen LogP contribution in [0, 0.1) is 6.92 Å². The maximum absolute atomic E-state index is 13.3. The first-order valence-electron chi connectivity index (χ1n) is 9.88. The van der Waals surface area contributed by atoms with E-state index < -0.39 is 17.5 Å². The molecule has 9 nitrogen and oxygen atoms in total. The van der Waals surface area contributed by atoms with Gasteiger partial charge >= 0.3 is 6.03 Å². The monoisotopic (exact) mass is 420 g/mol. The lowest BCUT2D eigenvalue weighted by Crippen LogP contribution is -2.41. The maximum atomic E-state index is 13.3. The second-order valence-electron chi connectivity index (χ2n) is 7.83. The summed E-state index contributed by atoms with van der Waals surface area (Å²) in [6, 6.07) is 9.53. The van der Waals surface area contributed by atoms with Crippen LogP contribution in [0.1, 0.15) is 23.7 Å². The second kappa shape index (κ2) is 6.83. The highest BCUT2D eigenvalue weighted by molar-refractivity contribution is 6.07. The highest BCUT2D eigenvalue weighted by Gasteiger charge is 2.49. The fraction of sp³-hybridized carbons (Fsp3) is 0.273. The smallest absolute Gasteiger partial charge is 0.325 e. The number of fused-ring (bicyclic) bond motifs is 2. The van der Waals surface area contributed by atoms with Gasteiger partial charge in [-0.2, -0.15) is 0 Å². The van der Waals surface area contributed by atoms with E-state index in [4.69, 9.17) is 9.47 Å². The van der Waals surface area contributed by atoms with Crippen molar-refractivity contribution in [3.63, 3.8) is 0 Å². The van der Waals surface area contributed by atoms with Crippen LogP contribution in [0.3, 0.4) is 0 Å². The van der Waals surface area contributed by atoms with Crippen molar-refractivity contribution < 1.29 is 19.1 Å². The van der Waals surface area contributed by atoms with Crippen molar-refractivity contribution in [2.75, 3.05) is 13.2 Å². The highest BCUT2D eigenvalue weighted by atomic mass is 16.6. The third-order valence-electron chi connectivity index (χ3n) is 5.58. The molecule has 3 aromatic rings. The van der Waals surface area contributed by atoms with E-state index in [1.165, 1.54) is 10.5 Å². The molecule has 1 unspecified atom stereocenters. The number of nitrogens with one attached hydrogen (secondary N) is 1. The van der Waals surface area contributed by atoms with Gasteiger partial charge in [0.2, 0.25) is 0 Å². The highest BCUT2D eigenvalue weighted by Crippen LogP contribution is 2.37. The number of ether oxygens (including phenoxy) is 2. The van der Waals surface area contributed by atoms with Crippen LogP contribution < -0.4 is 20.3 Å². The number of carbonyl (C=O) groups is 2. The molecule has 158 valence electrons. The first-order chi connectivity index (χ1) is 14.8. The van der Waals surface area contributed by atoms with E-state index in [1.807, 2.05) is 13.0 Å². The summed E-state index contributed by atoms with van der Waals surface area (Å²) in [5, 5.41) is 2.76. The molecule has 1 saturated heterocycles. The largest absolute Gasteiger partial charge is 0.486 e. The molecule has 0 radical (unpaired) electrons. The number of benzene rings is 1. The minimum Gasteiger partial charge on any atom is -0.486 e. The van der Waals surface area contributed by atoms with Gasteiger partial charge in [0.25, 0.3) is 11.5 Å². The minimum atomic E-state index is -1.27. The number of imide groups is 1. The third kappa shape index (κ3) is 3.09. The van der Waals surface area contributed by atoms with Gasteiger partial charge in [-0.1, -0.05) is 12.1 Å².